The highest BCUT2D eigenvalue weighted by atomic mass is 16.5. The molecule has 2 amide bonds. The summed E-state index contributed by atoms with van der Waals surface area (Å²) in [7, 11) is 6.20. The lowest BCUT2D eigenvalue weighted by atomic mass is 9.92. The number of piperidine rings is 1. The highest BCUT2D eigenvalue weighted by Crippen LogP contribution is 2.38. The van der Waals surface area contributed by atoms with Gasteiger partial charge in [0.05, 0.1) is 28.4 Å². The van der Waals surface area contributed by atoms with Crippen LogP contribution in [0.1, 0.15) is 35.2 Å². The number of hydrogen-bond acceptors (Lipinski definition) is 6. The minimum Gasteiger partial charge on any atom is -0.497 e. The zero-order valence-corrected chi connectivity index (χ0v) is 19.7. The Morgan fingerprint density at radius 1 is 0.909 bits per heavy atom. The number of ether oxygens (including phenoxy) is 4. The van der Waals surface area contributed by atoms with Gasteiger partial charge in [0, 0.05) is 31.6 Å². The van der Waals surface area contributed by atoms with Crippen molar-refractivity contribution in [2.75, 3.05) is 41.5 Å². The lowest BCUT2D eigenvalue weighted by Crippen LogP contribution is -2.39. The maximum atomic E-state index is 13.1. The van der Waals surface area contributed by atoms with Gasteiger partial charge in [-0.1, -0.05) is 12.1 Å². The molecule has 1 heterocycles. The van der Waals surface area contributed by atoms with Gasteiger partial charge in [-0.05, 0) is 48.6 Å². The number of methoxy groups -OCH3 is 4. The first kappa shape index (κ1) is 24.2. The molecule has 0 saturated carbocycles. The topological polar surface area (TPSA) is 86.3 Å². The van der Waals surface area contributed by atoms with Crippen molar-refractivity contribution in [3.05, 3.63) is 47.5 Å². The van der Waals surface area contributed by atoms with E-state index < -0.39 is 0 Å². The third-order valence-electron chi connectivity index (χ3n) is 5.94. The van der Waals surface area contributed by atoms with E-state index in [1.54, 1.807) is 19.2 Å². The molecule has 1 aliphatic heterocycles. The van der Waals surface area contributed by atoms with Crippen molar-refractivity contribution in [1.29, 1.82) is 0 Å². The molecule has 0 aliphatic carbocycles. The van der Waals surface area contributed by atoms with Crippen molar-refractivity contribution < 1.29 is 28.5 Å². The minimum atomic E-state index is -0.0864. The fraction of sp³-hybridized carbons (Fsp3) is 0.440. The van der Waals surface area contributed by atoms with Gasteiger partial charge in [0.2, 0.25) is 11.7 Å². The van der Waals surface area contributed by atoms with Crippen molar-refractivity contribution in [3.8, 4) is 23.0 Å². The average molecular weight is 457 g/mol. The van der Waals surface area contributed by atoms with Crippen molar-refractivity contribution in [1.82, 2.24) is 10.2 Å². The van der Waals surface area contributed by atoms with Crippen LogP contribution in [-0.4, -0.2) is 58.2 Å². The number of nitrogens with one attached hydrogen (secondary N) is 1. The second-order valence-electron chi connectivity index (χ2n) is 7.98. The summed E-state index contributed by atoms with van der Waals surface area (Å²) in [6.07, 6.45) is 2.03. The van der Waals surface area contributed by atoms with Crippen molar-refractivity contribution in [2.45, 2.75) is 25.8 Å². The number of carbonyl (C=O) groups excluding carboxylic acids is 2. The Kier molecular flexibility index (Phi) is 8.40. The van der Waals surface area contributed by atoms with E-state index in [2.05, 4.69) is 5.32 Å². The predicted octanol–water partition coefficient (Wildman–Crippen LogP) is 3.28. The van der Waals surface area contributed by atoms with E-state index in [1.165, 1.54) is 21.3 Å². The van der Waals surface area contributed by atoms with Gasteiger partial charge in [0.25, 0.3) is 5.91 Å². The van der Waals surface area contributed by atoms with E-state index >= 15 is 0 Å². The van der Waals surface area contributed by atoms with Crippen LogP contribution in [0.15, 0.2) is 36.4 Å². The van der Waals surface area contributed by atoms with E-state index in [0.717, 1.165) is 24.2 Å². The van der Waals surface area contributed by atoms with Crippen LogP contribution < -0.4 is 24.3 Å². The van der Waals surface area contributed by atoms with Gasteiger partial charge in [-0.15, -0.1) is 0 Å². The molecule has 178 valence electrons. The molecule has 1 saturated heterocycles. The molecule has 1 N–H and O–H groups in total. The molecular weight excluding hydrogens is 424 g/mol. The number of likely N-dealkylation sites (tertiary alicyclic amines) is 1. The van der Waals surface area contributed by atoms with Crippen molar-refractivity contribution in [3.63, 3.8) is 0 Å². The number of hydrogen-bond donors (Lipinski definition) is 1. The van der Waals surface area contributed by atoms with Gasteiger partial charge in [0.1, 0.15) is 5.75 Å². The van der Waals surface area contributed by atoms with Crippen LogP contribution in [0.25, 0.3) is 0 Å². The Bertz CT molecular complexity index is 927. The molecule has 8 nitrogen and oxygen atoms in total. The SMILES string of the molecule is COc1ccc(CNC(=O)CC2CCN(C(=O)c3cc(OC)c(OC)c(OC)c3)CC2)cc1. The second kappa shape index (κ2) is 11.4. The number of rotatable bonds is 9. The fourth-order valence-electron chi connectivity index (χ4n) is 4.01. The molecule has 2 aromatic rings. The molecular formula is C25H32N2O6. The molecule has 1 aliphatic rings. The molecule has 0 atom stereocenters. The Morgan fingerprint density at radius 3 is 2.03 bits per heavy atom. The zero-order chi connectivity index (χ0) is 23.8. The summed E-state index contributed by atoms with van der Waals surface area (Å²) >= 11 is 0. The van der Waals surface area contributed by atoms with E-state index in [4.69, 9.17) is 18.9 Å². The molecule has 3 rings (SSSR count). The summed E-state index contributed by atoms with van der Waals surface area (Å²) in [5, 5.41) is 2.98. The number of carbonyl (C=O) groups is 2. The Hall–Kier alpha value is -3.42. The van der Waals surface area contributed by atoms with Crippen molar-refractivity contribution >= 4 is 11.8 Å². The first-order chi connectivity index (χ1) is 16.0. The monoisotopic (exact) mass is 456 g/mol. The molecule has 2 aromatic carbocycles. The average Bonchev–Trinajstić information content (AvgIpc) is 2.86. The third-order valence-corrected chi connectivity index (χ3v) is 5.94. The van der Waals surface area contributed by atoms with Crippen LogP contribution in [0.4, 0.5) is 0 Å². The van der Waals surface area contributed by atoms with Crippen LogP contribution in [-0.2, 0) is 11.3 Å². The fourth-order valence-corrected chi connectivity index (χ4v) is 4.01. The molecule has 8 heteroatoms. The summed E-state index contributed by atoms with van der Waals surface area (Å²) < 4.78 is 21.2. The lowest BCUT2D eigenvalue weighted by Gasteiger charge is -2.32. The van der Waals surface area contributed by atoms with Crippen LogP contribution in [0.3, 0.4) is 0 Å². The highest BCUT2D eigenvalue weighted by molar-refractivity contribution is 5.95. The summed E-state index contributed by atoms with van der Waals surface area (Å²) in [6.45, 7) is 1.69. The summed E-state index contributed by atoms with van der Waals surface area (Å²) in [5.74, 6) is 2.34. The van der Waals surface area contributed by atoms with Gasteiger partial charge in [-0.25, -0.2) is 0 Å². The van der Waals surface area contributed by atoms with E-state index in [-0.39, 0.29) is 17.7 Å². The summed E-state index contributed by atoms with van der Waals surface area (Å²) in [4.78, 5) is 27.3. The van der Waals surface area contributed by atoms with Crippen LogP contribution in [0, 0.1) is 5.92 Å². The maximum absolute atomic E-state index is 13.1. The van der Waals surface area contributed by atoms with E-state index in [1.807, 2.05) is 29.2 Å². The minimum absolute atomic E-state index is 0.0280. The van der Waals surface area contributed by atoms with Gasteiger partial charge < -0.3 is 29.2 Å². The first-order valence-electron chi connectivity index (χ1n) is 11.0. The van der Waals surface area contributed by atoms with Gasteiger partial charge in [-0.2, -0.15) is 0 Å². The highest BCUT2D eigenvalue weighted by Gasteiger charge is 2.26. The van der Waals surface area contributed by atoms with Gasteiger partial charge in [0.15, 0.2) is 11.5 Å². The summed E-state index contributed by atoms with van der Waals surface area (Å²) in [5.41, 5.74) is 1.51. The van der Waals surface area contributed by atoms with Crippen LogP contribution in [0.5, 0.6) is 23.0 Å². The lowest BCUT2D eigenvalue weighted by molar-refractivity contribution is -0.122. The zero-order valence-electron chi connectivity index (χ0n) is 19.7. The number of amides is 2. The maximum Gasteiger partial charge on any atom is 0.254 e. The Balaban J connectivity index is 1.50. The quantitative estimate of drug-likeness (QED) is 0.623. The summed E-state index contributed by atoms with van der Waals surface area (Å²) in [6, 6.07) is 11.0. The molecule has 1 fully saturated rings. The smallest absolute Gasteiger partial charge is 0.254 e. The van der Waals surface area contributed by atoms with E-state index in [0.29, 0.717) is 48.9 Å². The predicted molar refractivity (Wildman–Crippen MR) is 124 cm³/mol. The van der Waals surface area contributed by atoms with Crippen LogP contribution >= 0.6 is 0 Å². The first-order valence-corrected chi connectivity index (χ1v) is 11.0. The molecule has 0 unspecified atom stereocenters. The molecule has 0 spiro atoms. The molecule has 0 bridgehead atoms. The second-order valence-corrected chi connectivity index (χ2v) is 7.98. The molecule has 33 heavy (non-hydrogen) atoms. The molecule has 0 radical (unpaired) electrons. The number of benzene rings is 2. The normalized spacial score (nSPS) is 13.9. The largest absolute Gasteiger partial charge is 0.497 e. The van der Waals surface area contributed by atoms with E-state index in [9.17, 15) is 9.59 Å². The Labute approximate surface area is 194 Å². The van der Waals surface area contributed by atoms with Gasteiger partial charge in [-0.3, -0.25) is 9.59 Å². The van der Waals surface area contributed by atoms with Crippen LogP contribution in [0.2, 0.25) is 0 Å². The van der Waals surface area contributed by atoms with Gasteiger partial charge >= 0.3 is 0 Å². The molecule has 0 aromatic heterocycles. The number of nitrogens with zero attached hydrogens (tertiary/aromatic N) is 1. The Morgan fingerprint density at radius 2 is 1.52 bits per heavy atom. The third kappa shape index (κ3) is 6.09. The van der Waals surface area contributed by atoms with Crippen molar-refractivity contribution in [2.24, 2.45) is 5.92 Å². The standard InChI is InChI=1S/C25H32N2O6/c1-30-20-7-5-18(6-8-20)16-26-23(28)13-17-9-11-27(12-10-17)25(29)19-14-21(31-2)24(33-4)22(15-19)32-3/h5-8,14-15,17H,9-13,16H2,1-4H3,(H,26,28).